The summed E-state index contributed by atoms with van der Waals surface area (Å²) < 4.78 is 4.97. The van der Waals surface area contributed by atoms with Crippen LogP contribution in [0.25, 0.3) is 0 Å². The Hall–Kier alpha value is -0.810. The number of aliphatic hydroxyl groups is 1. The van der Waals surface area contributed by atoms with Crippen molar-refractivity contribution in [3.8, 4) is 0 Å². The minimum atomic E-state index is -0.207. The van der Waals surface area contributed by atoms with E-state index in [1.165, 1.54) is 0 Å². The predicted octanol–water partition coefficient (Wildman–Crippen LogP) is 0.779. The van der Waals surface area contributed by atoms with Crippen molar-refractivity contribution in [2.45, 2.75) is 20.3 Å². The second-order valence-electron chi connectivity index (χ2n) is 4.44. The zero-order valence-electron chi connectivity index (χ0n) is 10.9. The van der Waals surface area contributed by atoms with Gasteiger partial charge in [-0.25, -0.2) is 4.79 Å². The Morgan fingerprint density at radius 1 is 1.29 bits per heavy atom. The minimum absolute atomic E-state index is 0.207. The van der Waals surface area contributed by atoms with Crippen molar-refractivity contribution in [1.82, 2.24) is 9.80 Å². The smallest absolute Gasteiger partial charge is 0.409 e. The molecule has 1 N–H and O–H groups in total. The van der Waals surface area contributed by atoms with Crippen LogP contribution in [0.15, 0.2) is 0 Å². The highest BCUT2D eigenvalue weighted by atomic mass is 16.6. The number of nitrogens with zero attached hydrogens (tertiary/aromatic N) is 2. The number of piperazine rings is 1. The van der Waals surface area contributed by atoms with Crippen LogP contribution in [-0.2, 0) is 4.74 Å². The molecule has 0 saturated carbocycles. The predicted molar refractivity (Wildman–Crippen MR) is 65.9 cm³/mol. The highest BCUT2D eigenvalue weighted by molar-refractivity contribution is 5.67. The fraction of sp³-hybridized carbons (Fsp3) is 0.917. The maximum absolute atomic E-state index is 11.5. The van der Waals surface area contributed by atoms with Gasteiger partial charge in [0.05, 0.1) is 6.61 Å². The number of carbonyl (C=O) groups excluding carboxylic acids is 1. The lowest BCUT2D eigenvalue weighted by atomic mass is 10.1. The second-order valence-corrected chi connectivity index (χ2v) is 4.44. The molecule has 0 aliphatic carbocycles. The molecule has 100 valence electrons. The van der Waals surface area contributed by atoms with Crippen molar-refractivity contribution in [2.24, 2.45) is 5.92 Å². The third kappa shape index (κ3) is 4.52. The summed E-state index contributed by atoms with van der Waals surface area (Å²) >= 11 is 0. The van der Waals surface area contributed by atoms with Gasteiger partial charge in [-0.15, -0.1) is 0 Å². The molecule has 0 aromatic carbocycles. The first kappa shape index (κ1) is 14.3. The van der Waals surface area contributed by atoms with Gasteiger partial charge in [-0.05, 0) is 19.3 Å². The monoisotopic (exact) mass is 244 g/mol. The van der Waals surface area contributed by atoms with Crippen molar-refractivity contribution in [3.05, 3.63) is 0 Å². The summed E-state index contributed by atoms with van der Waals surface area (Å²) in [5.74, 6) is 0.351. The van der Waals surface area contributed by atoms with Gasteiger partial charge in [-0.2, -0.15) is 0 Å². The standard InChI is InChI=1S/C12H24N2O3/c1-3-11(10-15)9-13-5-7-14(8-6-13)12(16)17-4-2/h11,15H,3-10H2,1-2H3. The third-order valence-corrected chi connectivity index (χ3v) is 3.25. The number of amides is 1. The van der Waals surface area contributed by atoms with Crippen LogP contribution in [0, 0.1) is 5.92 Å². The van der Waals surface area contributed by atoms with E-state index in [2.05, 4.69) is 11.8 Å². The zero-order chi connectivity index (χ0) is 12.7. The van der Waals surface area contributed by atoms with Crippen LogP contribution in [0.1, 0.15) is 20.3 Å². The highest BCUT2D eigenvalue weighted by Crippen LogP contribution is 2.09. The topological polar surface area (TPSA) is 53.0 Å². The normalized spacial score (nSPS) is 19.1. The maximum Gasteiger partial charge on any atom is 0.409 e. The Balaban J connectivity index is 2.28. The molecule has 0 spiro atoms. The van der Waals surface area contributed by atoms with Crippen LogP contribution in [0.3, 0.4) is 0 Å². The van der Waals surface area contributed by atoms with E-state index in [1.807, 2.05) is 6.92 Å². The number of ether oxygens (including phenoxy) is 1. The molecule has 1 fully saturated rings. The first-order chi connectivity index (χ1) is 8.21. The number of rotatable bonds is 5. The number of carbonyl (C=O) groups is 1. The molecule has 17 heavy (non-hydrogen) atoms. The van der Waals surface area contributed by atoms with Crippen molar-refractivity contribution in [3.63, 3.8) is 0 Å². The minimum Gasteiger partial charge on any atom is -0.450 e. The van der Waals surface area contributed by atoms with Gasteiger partial charge in [0.1, 0.15) is 0 Å². The van der Waals surface area contributed by atoms with Gasteiger partial charge in [0, 0.05) is 39.3 Å². The van der Waals surface area contributed by atoms with E-state index in [0.717, 1.165) is 39.1 Å². The first-order valence-electron chi connectivity index (χ1n) is 6.46. The Labute approximate surface area is 103 Å². The summed E-state index contributed by atoms with van der Waals surface area (Å²) in [6.45, 7) is 8.70. The van der Waals surface area contributed by atoms with Crippen LogP contribution in [0.2, 0.25) is 0 Å². The average molecular weight is 244 g/mol. The van der Waals surface area contributed by atoms with Crippen LogP contribution in [-0.4, -0.2) is 66.9 Å². The van der Waals surface area contributed by atoms with Crippen molar-refractivity contribution >= 4 is 6.09 Å². The van der Waals surface area contributed by atoms with E-state index in [4.69, 9.17) is 9.84 Å². The van der Waals surface area contributed by atoms with E-state index >= 15 is 0 Å². The zero-order valence-corrected chi connectivity index (χ0v) is 10.9. The molecule has 1 amide bonds. The average Bonchev–Trinajstić information content (AvgIpc) is 2.37. The van der Waals surface area contributed by atoms with Gasteiger partial charge < -0.3 is 14.7 Å². The fourth-order valence-corrected chi connectivity index (χ4v) is 2.01. The molecule has 5 heteroatoms. The first-order valence-corrected chi connectivity index (χ1v) is 6.46. The lowest BCUT2D eigenvalue weighted by Gasteiger charge is -2.35. The molecule has 0 aromatic rings. The molecule has 1 aliphatic heterocycles. The van der Waals surface area contributed by atoms with Gasteiger partial charge in [0.25, 0.3) is 0 Å². The Kier molecular flexibility index (Phi) is 6.29. The van der Waals surface area contributed by atoms with E-state index in [9.17, 15) is 4.79 Å². The molecule has 1 rings (SSSR count). The number of aliphatic hydroxyl groups excluding tert-OH is 1. The lowest BCUT2D eigenvalue weighted by molar-refractivity contribution is 0.0698. The van der Waals surface area contributed by atoms with Gasteiger partial charge in [0.15, 0.2) is 0 Å². The molecule has 0 aromatic heterocycles. The summed E-state index contributed by atoms with van der Waals surface area (Å²) in [5, 5.41) is 9.16. The van der Waals surface area contributed by atoms with E-state index < -0.39 is 0 Å². The Morgan fingerprint density at radius 3 is 2.41 bits per heavy atom. The molecule has 0 radical (unpaired) electrons. The highest BCUT2D eigenvalue weighted by Gasteiger charge is 2.22. The second kappa shape index (κ2) is 7.50. The molecule has 1 unspecified atom stereocenters. The van der Waals surface area contributed by atoms with Crippen LogP contribution >= 0.6 is 0 Å². The van der Waals surface area contributed by atoms with Gasteiger partial charge >= 0.3 is 6.09 Å². The summed E-state index contributed by atoms with van der Waals surface area (Å²) in [6, 6.07) is 0. The van der Waals surface area contributed by atoms with E-state index in [1.54, 1.807) is 4.90 Å². The number of hydrogen-bond acceptors (Lipinski definition) is 4. The maximum atomic E-state index is 11.5. The van der Waals surface area contributed by atoms with E-state index in [0.29, 0.717) is 12.5 Å². The fourth-order valence-electron chi connectivity index (χ4n) is 2.01. The summed E-state index contributed by atoms with van der Waals surface area (Å²) in [5.41, 5.74) is 0. The Morgan fingerprint density at radius 2 is 1.94 bits per heavy atom. The van der Waals surface area contributed by atoms with Crippen LogP contribution < -0.4 is 0 Å². The lowest BCUT2D eigenvalue weighted by Crippen LogP contribution is -2.50. The van der Waals surface area contributed by atoms with Crippen molar-refractivity contribution in [1.29, 1.82) is 0 Å². The molecular weight excluding hydrogens is 220 g/mol. The molecule has 1 heterocycles. The third-order valence-electron chi connectivity index (χ3n) is 3.25. The molecule has 1 aliphatic rings. The number of hydrogen-bond donors (Lipinski definition) is 1. The van der Waals surface area contributed by atoms with E-state index in [-0.39, 0.29) is 12.7 Å². The quantitative estimate of drug-likeness (QED) is 0.776. The van der Waals surface area contributed by atoms with Crippen LogP contribution in [0.5, 0.6) is 0 Å². The van der Waals surface area contributed by atoms with Gasteiger partial charge in [-0.3, -0.25) is 4.90 Å². The largest absolute Gasteiger partial charge is 0.450 e. The van der Waals surface area contributed by atoms with Crippen molar-refractivity contribution in [2.75, 3.05) is 45.9 Å². The van der Waals surface area contributed by atoms with Crippen LogP contribution in [0.4, 0.5) is 4.79 Å². The van der Waals surface area contributed by atoms with Gasteiger partial charge in [0.2, 0.25) is 0 Å². The molecule has 0 bridgehead atoms. The molecule has 5 nitrogen and oxygen atoms in total. The van der Waals surface area contributed by atoms with Crippen molar-refractivity contribution < 1.29 is 14.6 Å². The SMILES string of the molecule is CCOC(=O)N1CCN(CC(CC)CO)CC1. The Bertz CT molecular complexity index is 224. The van der Waals surface area contributed by atoms with Gasteiger partial charge in [-0.1, -0.05) is 6.92 Å². The summed E-state index contributed by atoms with van der Waals surface area (Å²) in [4.78, 5) is 15.5. The summed E-state index contributed by atoms with van der Waals surface area (Å²) in [7, 11) is 0. The molecular formula is C12H24N2O3. The molecule has 1 atom stereocenters. The summed E-state index contributed by atoms with van der Waals surface area (Å²) in [6.07, 6.45) is 0.788. The molecule has 1 saturated heterocycles.